The fraction of sp³-hybridized carbons (Fsp3) is 0.833. The summed E-state index contributed by atoms with van der Waals surface area (Å²) >= 11 is 0. The summed E-state index contributed by atoms with van der Waals surface area (Å²) in [5, 5.41) is 0. The van der Waals surface area contributed by atoms with E-state index in [1.54, 1.807) is 0 Å². The highest BCUT2D eigenvalue weighted by Gasteiger charge is 2.36. The zero-order valence-corrected chi connectivity index (χ0v) is 14.0. The van der Waals surface area contributed by atoms with E-state index in [4.69, 9.17) is 0 Å². The van der Waals surface area contributed by atoms with Crippen LogP contribution in [0, 0.1) is 18.8 Å². The van der Waals surface area contributed by atoms with Gasteiger partial charge < -0.3 is 9.47 Å². The summed E-state index contributed by atoms with van der Waals surface area (Å²) in [5.41, 5.74) is 0. The predicted octanol–water partition coefficient (Wildman–Crippen LogP) is 2.39. The minimum atomic E-state index is 0.842. The van der Waals surface area contributed by atoms with Gasteiger partial charge in [0, 0.05) is 51.2 Å². The number of aromatic nitrogens is 2. The average Bonchev–Trinajstić information content (AvgIpc) is 3.28. The SMILES string of the molecule is Cc1nccn1CCCN1C[C@H]2CC[C@@H](C1)N(CC1CC1)C2. The Bertz CT molecular complexity index is 493. The number of hydrogen-bond donors (Lipinski definition) is 0. The summed E-state index contributed by atoms with van der Waals surface area (Å²) in [6.07, 6.45) is 11.1. The van der Waals surface area contributed by atoms with Gasteiger partial charge in [-0.3, -0.25) is 4.90 Å². The van der Waals surface area contributed by atoms with Crippen molar-refractivity contribution in [3.05, 3.63) is 18.2 Å². The maximum absolute atomic E-state index is 4.32. The average molecular weight is 302 g/mol. The van der Waals surface area contributed by atoms with Crippen molar-refractivity contribution in [1.82, 2.24) is 19.4 Å². The molecule has 1 saturated carbocycles. The second-order valence-corrected chi connectivity index (χ2v) is 7.78. The summed E-state index contributed by atoms with van der Waals surface area (Å²) in [4.78, 5) is 9.91. The summed E-state index contributed by atoms with van der Waals surface area (Å²) in [5.74, 6) is 3.11. The highest BCUT2D eigenvalue weighted by molar-refractivity contribution is 4.92. The van der Waals surface area contributed by atoms with Crippen molar-refractivity contribution < 1.29 is 0 Å². The Morgan fingerprint density at radius 3 is 2.77 bits per heavy atom. The molecule has 4 heterocycles. The lowest BCUT2D eigenvalue weighted by molar-refractivity contribution is 0.125. The third-order valence-electron chi connectivity index (χ3n) is 5.89. The van der Waals surface area contributed by atoms with Gasteiger partial charge in [0.1, 0.15) is 5.82 Å². The molecular formula is C18H30N4. The van der Waals surface area contributed by atoms with Gasteiger partial charge >= 0.3 is 0 Å². The second kappa shape index (κ2) is 6.32. The molecule has 0 spiro atoms. The molecule has 122 valence electrons. The lowest BCUT2D eigenvalue weighted by Crippen LogP contribution is -2.44. The molecule has 0 radical (unpaired) electrons. The Hall–Kier alpha value is -0.870. The molecule has 0 N–H and O–H groups in total. The van der Waals surface area contributed by atoms with Gasteiger partial charge in [-0.05, 0) is 57.4 Å². The summed E-state index contributed by atoms with van der Waals surface area (Å²) in [6.45, 7) is 9.88. The lowest BCUT2D eigenvalue weighted by atomic mass is 9.95. The minimum Gasteiger partial charge on any atom is -0.335 e. The number of hydrogen-bond acceptors (Lipinski definition) is 3. The van der Waals surface area contributed by atoms with E-state index in [9.17, 15) is 0 Å². The molecule has 22 heavy (non-hydrogen) atoms. The van der Waals surface area contributed by atoms with E-state index in [-0.39, 0.29) is 0 Å². The van der Waals surface area contributed by atoms with Crippen molar-refractivity contribution in [1.29, 1.82) is 0 Å². The van der Waals surface area contributed by atoms with Crippen LogP contribution in [0.1, 0.15) is 37.9 Å². The quantitative estimate of drug-likeness (QED) is 0.806. The summed E-state index contributed by atoms with van der Waals surface area (Å²) < 4.78 is 2.28. The Labute approximate surface area is 134 Å². The second-order valence-electron chi connectivity index (χ2n) is 7.78. The first-order chi connectivity index (χ1) is 10.8. The topological polar surface area (TPSA) is 24.3 Å². The largest absolute Gasteiger partial charge is 0.335 e. The number of aryl methyl sites for hydroxylation is 2. The lowest BCUT2D eigenvalue weighted by Gasteiger charge is -2.36. The fourth-order valence-electron chi connectivity index (χ4n) is 4.42. The third-order valence-corrected chi connectivity index (χ3v) is 5.89. The monoisotopic (exact) mass is 302 g/mol. The Kier molecular flexibility index (Phi) is 4.23. The number of piperidine rings is 1. The van der Waals surface area contributed by atoms with Crippen LogP contribution in [0.25, 0.3) is 0 Å². The van der Waals surface area contributed by atoms with Crippen LogP contribution in [-0.2, 0) is 6.54 Å². The zero-order chi connectivity index (χ0) is 14.9. The van der Waals surface area contributed by atoms with E-state index >= 15 is 0 Å². The number of nitrogens with zero attached hydrogens (tertiary/aromatic N) is 4. The van der Waals surface area contributed by atoms with Crippen LogP contribution in [0.15, 0.2) is 12.4 Å². The molecule has 4 nitrogen and oxygen atoms in total. The molecule has 3 aliphatic heterocycles. The Morgan fingerprint density at radius 2 is 2.00 bits per heavy atom. The maximum atomic E-state index is 4.32. The fourth-order valence-corrected chi connectivity index (χ4v) is 4.42. The van der Waals surface area contributed by atoms with E-state index in [2.05, 4.69) is 32.5 Å². The highest BCUT2D eigenvalue weighted by atomic mass is 15.3. The zero-order valence-electron chi connectivity index (χ0n) is 14.0. The Morgan fingerprint density at radius 1 is 1.09 bits per heavy atom. The summed E-state index contributed by atoms with van der Waals surface area (Å²) in [6, 6.07) is 0.842. The first kappa shape index (κ1) is 14.7. The molecular weight excluding hydrogens is 272 g/mol. The first-order valence-corrected chi connectivity index (χ1v) is 9.22. The van der Waals surface area contributed by atoms with Crippen LogP contribution in [0.2, 0.25) is 0 Å². The number of imidazole rings is 1. The van der Waals surface area contributed by atoms with E-state index in [1.165, 1.54) is 64.8 Å². The van der Waals surface area contributed by atoms with Gasteiger partial charge in [-0.25, -0.2) is 4.98 Å². The van der Waals surface area contributed by atoms with Crippen LogP contribution in [0.4, 0.5) is 0 Å². The van der Waals surface area contributed by atoms with Gasteiger partial charge in [0.15, 0.2) is 0 Å². The minimum absolute atomic E-state index is 0.842. The van der Waals surface area contributed by atoms with Gasteiger partial charge in [-0.1, -0.05) is 0 Å². The van der Waals surface area contributed by atoms with Crippen molar-refractivity contribution in [2.45, 2.75) is 51.6 Å². The normalized spacial score (nSPS) is 29.9. The smallest absolute Gasteiger partial charge is 0.105 e. The van der Waals surface area contributed by atoms with Crippen molar-refractivity contribution in [2.75, 3.05) is 32.7 Å². The number of fused-ring (bicyclic) bond motifs is 4. The van der Waals surface area contributed by atoms with E-state index in [0.29, 0.717) is 0 Å². The van der Waals surface area contributed by atoms with E-state index in [1.807, 2.05) is 6.20 Å². The third kappa shape index (κ3) is 3.38. The van der Waals surface area contributed by atoms with E-state index < -0.39 is 0 Å². The van der Waals surface area contributed by atoms with Crippen molar-refractivity contribution >= 4 is 0 Å². The van der Waals surface area contributed by atoms with Crippen LogP contribution in [0.3, 0.4) is 0 Å². The van der Waals surface area contributed by atoms with Crippen molar-refractivity contribution in [3.8, 4) is 0 Å². The molecule has 5 rings (SSSR count). The molecule has 3 saturated heterocycles. The summed E-state index contributed by atoms with van der Waals surface area (Å²) in [7, 11) is 0. The molecule has 0 amide bonds. The molecule has 1 aromatic heterocycles. The molecule has 0 aromatic carbocycles. The number of rotatable bonds is 6. The maximum Gasteiger partial charge on any atom is 0.105 e. The van der Waals surface area contributed by atoms with Crippen molar-refractivity contribution in [3.63, 3.8) is 0 Å². The standard InChI is InChI=1S/C18H30N4/c1-15-19-7-10-21(15)9-2-8-20-11-17-5-6-18(14-20)22(13-17)12-16-3-4-16/h7,10,16-18H,2-6,8-9,11-14H2,1H3/t17-,18+/m1/s1. The predicted molar refractivity (Wildman–Crippen MR) is 88.8 cm³/mol. The van der Waals surface area contributed by atoms with Gasteiger partial charge in [0.25, 0.3) is 0 Å². The molecule has 1 aromatic rings. The van der Waals surface area contributed by atoms with Crippen LogP contribution < -0.4 is 0 Å². The first-order valence-electron chi connectivity index (χ1n) is 9.22. The Balaban J connectivity index is 1.29. The van der Waals surface area contributed by atoms with Gasteiger partial charge in [0.2, 0.25) is 0 Å². The van der Waals surface area contributed by atoms with Gasteiger partial charge in [-0.15, -0.1) is 0 Å². The van der Waals surface area contributed by atoms with Gasteiger partial charge in [-0.2, -0.15) is 0 Å². The molecule has 4 fully saturated rings. The molecule has 4 heteroatoms. The van der Waals surface area contributed by atoms with Crippen molar-refractivity contribution in [2.24, 2.45) is 11.8 Å². The molecule has 2 bridgehead atoms. The van der Waals surface area contributed by atoms with E-state index in [0.717, 1.165) is 30.2 Å². The van der Waals surface area contributed by atoms with Crippen LogP contribution >= 0.6 is 0 Å². The van der Waals surface area contributed by atoms with Crippen LogP contribution in [0.5, 0.6) is 0 Å². The molecule has 2 atom stereocenters. The molecule has 0 unspecified atom stereocenters. The highest BCUT2D eigenvalue weighted by Crippen LogP contribution is 2.34. The molecule has 1 aliphatic carbocycles. The molecule has 4 aliphatic rings. The van der Waals surface area contributed by atoms with Gasteiger partial charge in [0.05, 0.1) is 0 Å². The van der Waals surface area contributed by atoms with Crippen LogP contribution in [-0.4, -0.2) is 58.1 Å².